The van der Waals surface area contributed by atoms with Crippen LogP contribution in [0.15, 0.2) is 36.5 Å². The molecule has 1 N–H and O–H groups in total. The number of urea groups is 1. The highest BCUT2D eigenvalue weighted by Gasteiger charge is 2.39. The molecule has 0 aliphatic carbocycles. The van der Waals surface area contributed by atoms with Crippen molar-refractivity contribution < 1.29 is 9.59 Å². The number of carbonyl (C=O) groups excluding carboxylic acids is 2. The molecule has 0 radical (unpaired) electrons. The third kappa shape index (κ3) is 2.35. The molecule has 1 aromatic heterocycles. The van der Waals surface area contributed by atoms with Gasteiger partial charge in [-0.25, -0.2) is 4.79 Å². The number of rotatable bonds is 3. The van der Waals surface area contributed by atoms with Crippen LogP contribution < -0.4 is 5.32 Å². The first kappa shape index (κ1) is 13.5. The molecule has 1 saturated heterocycles. The van der Waals surface area contributed by atoms with Crippen molar-refractivity contribution >= 4 is 22.8 Å². The van der Waals surface area contributed by atoms with Crippen LogP contribution in [0.4, 0.5) is 4.79 Å². The molecule has 21 heavy (non-hydrogen) atoms. The maximum Gasteiger partial charge on any atom is 0.325 e. The molecule has 0 unspecified atom stereocenters. The Morgan fingerprint density at radius 3 is 2.71 bits per heavy atom. The number of imide groups is 1. The van der Waals surface area contributed by atoms with Gasteiger partial charge in [-0.1, -0.05) is 38.1 Å². The lowest BCUT2D eigenvalue weighted by Gasteiger charge is -2.15. The summed E-state index contributed by atoms with van der Waals surface area (Å²) in [7, 11) is 0. The van der Waals surface area contributed by atoms with Crippen molar-refractivity contribution in [1.82, 2.24) is 15.2 Å². The van der Waals surface area contributed by atoms with Gasteiger partial charge in [-0.15, -0.1) is 0 Å². The fraction of sp³-hybridized carbons (Fsp3) is 0.312. The zero-order valence-corrected chi connectivity index (χ0v) is 12.0. The van der Waals surface area contributed by atoms with Crippen LogP contribution in [0.5, 0.6) is 0 Å². The number of carbonyl (C=O) groups is 2. The van der Waals surface area contributed by atoms with Crippen molar-refractivity contribution in [2.75, 3.05) is 0 Å². The Morgan fingerprint density at radius 2 is 2.00 bits per heavy atom. The highest BCUT2D eigenvalue weighted by atomic mass is 16.2. The van der Waals surface area contributed by atoms with Gasteiger partial charge in [-0.05, 0) is 17.5 Å². The van der Waals surface area contributed by atoms with Crippen LogP contribution in [0.25, 0.3) is 10.9 Å². The molecular formula is C16H17N3O2. The number of nitrogens with zero attached hydrogens (tertiary/aromatic N) is 2. The summed E-state index contributed by atoms with van der Waals surface area (Å²) in [5.74, 6) is -0.0833. The van der Waals surface area contributed by atoms with Crippen LogP contribution in [0.2, 0.25) is 0 Å². The Kier molecular flexibility index (Phi) is 3.33. The summed E-state index contributed by atoms with van der Waals surface area (Å²) in [6.45, 7) is 4.10. The molecule has 1 aliphatic rings. The molecular weight excluding hydrogens is 266 g/mol. The van der Waals surface area contributed by atoms with E-state index in [4.69, 9.17) is 0 Å². The summed E-state index contributed by atoms with van der Waals surface area (Å²) in [5.41, 5.74) is 1.70. The number of hydrogen-bond donors (Lipinski definition) is 1. The van der Waals surface area contributed by atoms with Crippen LogP contribution >= 0.6 is 0 Å². The number of pyridine rings is 1. The van der Waals surface area contributed by atoms with Gasteiger partial charge in [-0.2, -0.15) is 0 Å². The number of amides is 3. The van der Waals surface area contributed by atoms with E-state index in [2.05, 4.69) is 10.3 Å². The van der Waals surface area contributed by atoms with Crippen molar-refractivity contribution in [1.29, 1.82) is 0 Å². The standard InChI is InChI=1S/C16H17N3O2/c1-10(2)13-15(20)19(16(21)18-13)9-12-6-3-5-11-7-4-8-17-14(11)12/h3-8,10,13H,9H2,1-2H3,(H,18,21)/t13-/m1/s1. The summed E-state index contributed by atoms with van der Waals surface area (Å²) in [6.07, 6.45) is 1.72. The molecule has 1 aromatic carbocycles. The van der Waals surface area contributed by atoms with Crippen molar-refractivity contribution in [3.05, 3.63) is 42.1 Å². The van der Waals surface area contributed by atoms with Crippen molar-refractivity contribution in [2.45, 2.75) is 26.4 Å². The van der Waals surface area contributed by atoms with Gasteiger partial charge in [0.1, 0.15) is 6.04 Å². The molecule has 1 aliphatic heterocycles. The first-order chi connectivity index (χ1) is 10.1. The van der Waals surface area contributed by atoms with Gasteiger partial charge in [-0.3, -0.25) is 14.7 Å². The average Bonchev–Trinajstić information content (AvgIpc) is 2.76. The normalized spacial score (nSPS) is 18.6. The number of para-hydroxylation sites is 1. The summed E-state index contributed by atoms with van der Waals surface area (Å²) in [4.78, 5) is 30.0. The lowest BCUT2D eigenvalue weighted by atomic mass is 10.0. The SMILES string of the molecule is CC(C)[C@H]1NC(=O)N(Cc2cccc3cccnc23)C1=O. The Bertz CT molecular complexity index is 706. The van der Waals surface area contributed by atoms with Gasteiger partial charge in [0.2, 0.25) is 0 Å². The fourth-order valence-electron chi connectivity index (χ4n) is 2.61. The average molecular weight is 283 g/mol. The predicted molar refractivity (Wildman–Crippen MR) is 79.5 cm³/mol. The minimum absolute atomic E-state index is 0.0806. The monoisotopic (exact) mass is 283 g/mol. The zero-order chi connectivity index (χ0) is 15.0. The van der Waals surface area contributed by atoms with Crippen LogP contribution in [0, 0.1) is 5.92 Å². The van der Waals surface area contributed by atoms with E-state index in [1.165, 1.54) is 4.90 Å². The minimum atomic E-state index is -0.430. The molecule has 0 saturated carbocycles. The summed E-state index contributed by atoms with van der Waals surface area (Å²) in [5, 5.41) is 3.74. The van der Waals surface area contributed by atoms with Crippen molar-refractivity contribution in [2.24, 2.45) is 5.92 Å². The van der Waals surface area contributed by atoms with E-state index >= 15 is 0 Å². The van der Waals surface area contributed by atoms with Crippen LogP contribution in [-0.4, -0.2) is 27.9 Å². The Balaban J connectivity index is 1.92. The van der Waals surface area contributed by atoms with Gasteiger partial charge >= 0.3 is 6.03 Å². The molecule has 5 heteroatoms. The largest absolute Gasteiger partial charge is 0.326 e. The van der Waals surface area contributed by atoms with Gasteiger partial charge in [0, 0.05) is 11.6 Å². The summed E-state index contributed by atoms with van der Waals surface area (Å²) < 4.78 is 0. The molecule has 2 heterocycles. The molecule has 1 atom stereocenters. The first-order valence-corrected chi connectivity index (χ1v) is 7.02. The lowest BCUT2D eigenvalue weighted by molar-refractivity contribution is -0.128. The lowest BCUT2D eigenvalue weighted by Crippen LogP contribution is -2.34. The zero-order valence-electron chi connectivity index (χ0n) is 12.0. The topological polar surface area (TPSA) is 62.3 Å². The number of benzene rings is 1. The molecule has 0 spiro atoms. The van der Waals surface area contributed by atoms with Gasteiger partial charge in [0.15, 0.2) is 0 Å². The third-order valence-corrected chi connectivity index (χ3v) is 3.77. The second kappa shape index (κ2) is 5.16. The number of fused-ring (bicyclic) bond motifs is 1. The third-order valence-electron chi connectivity index (χ3n) is 3.77. The Hall–Kier alpha value is -2.43. The van der Waals surface area contributed by atoms with E-state index in [1.54, 1.807) is 6.20 Å². The summed E-state index contributed by atoms with van der Waals surface area (Å²) >= 11 is 0. The number of hydrogen-bond acceptors (Lipinski definition) is 3. The maximum atomic E-state index is 12.3. The number of nitrogens with one attached hydrogen (secondary N) is 1. The van der Waals surface area contributed by atoms with E-state index in [1.807, 2.05) is 44.2 Å². The minimum Gasteiger partial charge on any atom is -0.326 e. The number of aromatic nitrogens is 1. The second-order valence-electron chi connectivity index (χ2n) is 5.59. The van der Waals surface area contributed by atoms with E-state index in [0.29, 0.717) is 0 Å². The van der Waals surface area contributed by atoms with E-state index in [0.717, 1.165) is 16.5 Å². The highest BCUT2D eigenvalue weighted by molar-refractivity contribution is 6.04. The molecule has 108 valence electrons. The van der Waals surface area contributed by atoms with Crippen LogP contribution in [0.3, 0.4) is 0 Å². The van der Waals surface area contributed by atoms with E-state index in [-0.39, 0.29) is 24.4 Å². The van der Waals surface area contributed by atoms with E-state index in [9.17, 15) is 9.59 Å². The molecule has 3 amide bonds. The first-order valence-electron chi connectivity index (χ1n) is 7.02. The molecule has 1 fully saturated rings. The van der Waals surface area contributed by atoms with Gasteiger partial charge in [0.25, 0.3) is 5.91 Å². The molecule has 3 rings (SSSR count). The predicted octanol–water partition coefficient (Wildman–Crippen LogP) is 2.31. The summed E-state index contributed by atoms with van der Waals surface area (Å²) in [6, 6.07) is 8.86. The molecule has 5 nitrogen and oxygen atoms in total. The second-order valence-corrected chi connectivity index (χ2v) is 5.59. The highest BCUT2D eigenvalue weighted by Crippen LogP contribution is 2.21. The molecule has 0 bridgehead atoms. The van der Waals surface area contributed by atoms with Crippen molar-refractivity contribution in [3.63, 3.8) is 0 Å². The smallest absolute Gasteiger partial charge is 0.325 e. The van der Waals surface area contributed by atoms with E-state index < -0.39 is 6.04 Å². The van der Waals surface area contributed by atoms with Gasteiger partial charge < -0.3 is 5.32 Å². The molecule has 2 aromatic rings. The quantitative estimate of drug-likeness (QED) is 0.879. The maximum absolute atomic E-state index is 12.3. The Morgan fingerprint density at radius 1 is 1.24 bits per heavy atom. The van der Waals surface area contributed by atoms with Gasteiger partial charge in [0.05, 0.1) is 12.1 Å². The van der Waals surface area contributed by atoms with Crippen LogP contribution in [-0.2, 0) is 11.3 Å². The fourth-order valence-corrected chi connectivity index (χ4v) is 2.61. The Labute approximate surface area is 123 Å². The van der Waals surface area contributed by atoms with Crippen molar-refractivity contribution in [3.8, 4) is 0 Å². The van der Waals surface area contributed by atoms with Crippen LogP contribution in [0.1, 0.15) is 19.4 Å².